The minimum atomic E-state index is -1.17. The maximum Gasteiger partial charge on any atom is 0.326 e. The van der Waals surface area contributed by atoms with Crippen LogP contribution in [0.5, 0.6) is 0 Å². The van der Waals surface area contributed by atoms with E-state index >= 15 is 0 Å². The van der Waals surface area contributed by atoms with E-state index in [1.165, 1.54) is 6.33 Å². The number of benzene rings is 1. The Labute approximate surface area is 276 Å². The number of aliphatic carboxylic acids is 1. The molecule has 1 heterocycles. The fourth-order valence-electron chi connectivity index (χ4n) is 5.04. The monoisotopic (exact) mass is 656 g/mol. The van der Waals surface area contributed by atoms with Crippen LogP contribution < -0.4 is 32.7 Å². The SMILES string of the molecule is CC(C)C[C@H](NC(=O)[C@H](Cc1ccccc1)NC(=O)[C@H](CCCCN)NC(=O)[C@H](CC(C)C)NC(=O)[C@@H](N)Cc1cnc[nH]1)C(=O)O. The van der Waals surface area contributed by atoms with Crippen molar-refractivity contribution in [3.05, 3.63) is 54.1 Å². The number of nitrogens with two attached hydrogens (primary N) is 2. The normalized spacial score (nSPS) is 14.5. The number of aromatic amines is 1. The summed E-state index contributed by atoms with van der Waals surface area (Å²) in [5.41, 5.74) is 13.2. The summed E-state index contributed by atoms with van der Waals surface area (Å²) in [5.74, 6) is -3.52. The Balaban J connectivity index is 2.26. The lowest BCUT2D eigenvalue weighted by Crippen LogP contribution is -2.59. The van der Waals surface area contributed by atoms with E-state index in [-0.39, 0.29) is 43.9 Å². The van der Waals surface area contributed by atoms with E-state index < -0.39 is 59.8 Å². The summed E-state index contributed by atoms with van der Waals surface area (Å²) >= 11 is 0. The number of hydrogen-bond donors (Lipinski definition) is 8. The zero-order valence-electron chi connectivity index (χ0n) is 27.8. The summed E-state index contributed by atoms with van der Waals surface area (Å²) < 4.78 is 0. The van der Waals surface area contributed by atoms with Crippen molar-refractivity contribution < 1.29 is 29.1 Å². The molecule has 1 aromatic heterocycles. The first-order valence-electron chi connectivity index (χ1n) is 16.2. The Morgan fingerprint density at radius 1 is 0.766 bits per heavy atom. The molecule has 0 saturated heterocycles. The lowest BCUT2D eigenvalue weighted by Gasteiger charge is -2.27. The van der Waals surface area contributed by atoms with Gasteiger partial charge in [-0.2, -0.15) is 0 Å². The second kappa shape index (κ2) is 20.0. The third-order valence-corrected chi connectivity index (χ3v) is 7.49. The van der Waals surface area contributed by atoms with Crippen LogP contribution >= 0.6 is 0 Å². The summed E-state index contributed by atoms with van der Waals surface area (Å²) in [7, 11) is 0. The van der Waals surface area contributed by atoms with Crippen LogP contribution in [0.25, 0.3) is 0 Å². The van der Waals surface area contributed by atoms with Crippen LogP contribution in [0.2, 0.25) is 0 Å². The molecule has 4 amide bonds. The Hall–Kier alpha value is -4.30. The summed E-state index contributed by atoms with van der Waals surface area (Å²) in [6, 6.07) is 3.77. The van der Waals surface area contributed by atoms with Crippen molar-refractivity contribution >= 4 is 29.6 Å². The molecule has 0 aliphatic heterocycles. The molecule has 0 fully saturated rings. The molecule has 0 unspecified atom stereocenters. The second-order valence-corrected chi connectivity index (χ2v) is 12.7. The Morgan fingerprint density at radius 3 is 1.89 bits per heavy atom. The number of carboxylic acid groups (broad SMARTS) is 1. The highest BCUT2D eigenvalue weighted by molar-refractivity contribution is 5.95. The van der Waals surface area contributed by atoms with Crippen LogP contribution in [0.4, 0.5) is 0 Å². The third kappa shape index (κ3) is 14.3. The van der Waals surface area contributed by atoms with Gasteiger partial charge in [0.15, 0.2) is 0 Å². The number of aromatic nitrogens is 2. The lowest BCUT2D eigenvalue weighted by molar-refractivity contribution is -0.142. The van der Waals surface area contributed by atoms with Crippen LogP contribution in [0.3, 0.4) is 0 Å². The third-order valence-electron chi connectivity index (χ3n) is 7.49. The predicted octanol–water partition coefficient (Wildman–Crippen LogP) is 0.767. The van der Waals surface area contributed by atoms with E-state index in [1.54, 1.807) is 30.5 Å². The fraction of sp³-hybridized carbons (Fsp3) is 0.576. The zero-order valence-corrected chi connectivity index (χ0v) is 27.8. The van der Waals surface area contributed by atoms with E-state index in [4.69, 9.17) is 11.5 Å². The molecule has 14 heteroatoms. The van der Waals surface area contributed by atoms with Crippen molar-refractivity contribution in [2.45, 2.75) is 103 Å². The highest BCUT2D eigenvalue weighted by Crippen LogP contribution is 2.11. The largest absolute Gasteiger partial charge is 0.480 e. The number of carboxylic acids is 1. The predicted molar refractivity (Wildman–Crippen MR) is 178 cm³/mol. The molecule has 0 saturated carbocycles. The number of nitrogens with one attached hydrogen (secondary N) is 5. The molecular weight excluding hydrogens is 604 g/mol. The Morgan fingerprint density at radius 2 is 1.32 bits per heavy atom. The van der Waals surface area contributed by atoms with Gasteiger partial charge in [-0.15, -0.1) is 0 Å². The van der Waals surface area contributed by atoms with Gasteiger partial charge in [-0.25, -0.2) is 9.78 Å². The molecule has 5 atom stereocenters. The molecule has 10 N–H and O–H groups in total. The van der Waals surface area contributed by atoms with Gasteiger partial charge in [0, 0.05) is 24.7 Å². The van der Waals surface area contributed by atoms with Gasteiger partial charge in [0.05, 0.1) is 12.4 Å². The van der Waals surface area contributed by atoms with Crippen LogP contribution in [-0.4, -0.2) is 81.4 Å². The molecule has 47 heavy (non-hydrogen) atoms. The Kier molecular flexibility index (Phi) is 16.6. The number of unbranched alkanes of at least 4 members (excludes halogenated alkanes) is 1. The average Bonchev–Trinajstić information content (AvgIpc) is 3.52. The van der Waals surface area contributed by atoms with Crippen molar-refractivity contribution in [3.63, 3.8) is 0 Å². The number of hydrogen-bond acceptors (Lipinski definition) is 8. The van der Waals surface area contributed by atoms with Gasteiger partial charge in [0.25, 0.3) is 0 Å². The molecule has 0 radical (unpaired) electrons. The number of rotatable bonds is 21. The van der Waals surface area contributed by atoms with E-state index in [2.05, 4.69) is 31.2 Å². The van der Waals surface area contributed by atoms with Crippen LogP contribution in [0, 0.1) is 11.8 Å². The first-order chi connectivity index (χ1) is 22.3. The number of carbonyl (C=O) groups is 5. The van der Waals surface area contributed by atoms with Crippen LogP contribution in [0.1, 0.15) is 71.1 Å². The molecule has 14 nitrogen and oxygen atoms in total. The molecule has 2 aromatic rings. The van der Waals surface area contributed by atoms with E-state index in [9.17, 15) is 29.1 Å². The molecule has 1 aromatic carbocycles. The molecule has 0 aliphatic rings. The van der Waals surface area contributed by atoms with E-state index in [0.29, 0.717) is 25.1 Å². The molecule has 0 spiro atoms. The van der Waals surface area contributed by atoms with Gasteiger partial charge in [-0.05, 0) is 56.0 Å². The average molecular weight is 657 g/mol. The second-order valence-electron chi connectivity index (χ2n) is 12.7. The number of nitrogens with zero attached hydrogens (tertiary/aromatic N) is 1. The maximum absolute atomic E-state index is 13.8. The highest BCUT2D eigenvalue weighted by atomic mass is 16.4. The maximum atomic E-state index is 13.8. The Bertz CT molecular complexity index is 1270. The van der Waals surface area contributed by atoms with Crippen LogP contribution in [-0.2, 0) is 36.8 Å². The number of amides is 4. The van der Waals surface area contributed by atoms with Crippen molar-refractivity contribution in [1.82, 2.24) is 31.2 Å². The summed E-state index contributed by atoms with van der Waals surface area (Å²) in [4.78, 5) is 72.5. The minimum Gasteiger partial charge on any atom is -0.480 e. The number of imidazole rings is 1. The van der Waals surface area contributed by atoms with Gasteiger partial charge >= 0.3 is 5.97 Å². The standard InChI is InChI=1S/C33H52N8O6/c1-20(2)14-26(39-29(42)24(35)17-23-18-36-19-37-23)31(44)38-25(12-8-9-13-34)30(43)40-27(16-22-10-6-5-7-11-22)32(45)41-28(33(46)47)15-21(3)4/h5-7,10-11,18-21,24-28H,8-9,12-17,34-35H2,1-4H3,(H,36,37)(H,38,44)(H,39,42)(H,40,43)(H,41,45)(H,46,47)/t24-,25-,26-,27-,28-/m0/s1. The summed E-state index contributed by atoms with van der Waals surface area (Å²) in [6.07, 6.45) is 5.15. The molecule has 0 bridgehead atoms. The summed E-state index contributed by atoms with van der Waals surface area (Å²) in [6.45, 7) is 7.88. The van der Waals surface area contributed by atoms with Crippen molar-refractivity contribution in [2.75, 3.05) is 6.54 Å². The van der Waals surface area contributed by atoms with Gasteiger partial charge < -0.3 is 42.8 Å². The quantitative estimate of drug-likeness (QED) is 0.0885. The van der Waals surface area contributed by atoms with Gasteiger partial charge in [0.1, 0.15) is 24.2 Å². The van der Waals surface area contributed by atoms with Gasteiger partial charge in [0.2, 0.25) is 23.6 Å². The smallest absolute Gasteiger partial charge is 0.326 e. The van der Waals surface area contributed by atoms with Gasteiger partial charge in [-0.1, -0.05) is 58.0 Å². The highest BCUT2D eigenvalue weighted by Gasteiger charge is 2.32. The van der Waals surface area contributed by atoms with Crippen LogP contribution in [0.15, 0.2) is 42.9 Å². The first kappa shape index (κ1) is 38.9. The van der Waals surface area contributed by atoms with Crippen molar-refractivity contribution in [1.29, 1.82) is 0 Å². The topological polar surface area (TPSA) is 234 Å². The first-order valence-corrected chi connectivity index (χ1v) is 16.2. The molecule has 0 aliphatic carbocycles. The number of H-pyrrole nitrogens is 1. The molecular formula is C33H52N8O6. The lowest BCUT2D eigenvalue weighted by atomic mass is 10.00. The minimum absolute atomic E-state index is 0.00000811. The van der Waals surface area contributed by atoms with Gasteiger partial charge in [-0.3, -0.25) is 19.2 Å². The number of carbonyl (C=O) groups excluding carboxylic acids is 4. The van der Waals surface area contributed by atoms with E-state index in [0.717, 1.165) is 5.56 Å². The van der Waals surface area contributed by atoms with Crippen molar-refractivity contribution in [2.24, 2.45) is 23.3 Å². The zero-order chi connectivity index (χ0) is 34.9. The van der Waals surface area contributed by atoms with E-state index in [1.807, 2.05) is 33.8 Å². The summed E-state index contributed by atoms with van der Waals surface area (Å²) in [5, 5.41) is 20.5. The molecule has 260 valence electrons. The fourth-order valence-corrected chi connectivity index (χ4v) is 5.04. The van der Waals surface area contributed by atoms with Crippen molar-refractivity contribution in [3.8, 4) is 0 Å². The molecule has 2 rings (SSSR count).